The van der Waals surface area contributed by atoms with Crippen LogP contribution in [-0.2, 0) is 20.1 Å². The minimum absolute atomic E-state index is 0.0133. The van der Waals surface area contributed by atoms with Crippen molar-refractivity contribution in [2.45, 2.75) is 38.5 Å². The molecule has 6 heteroatoms. The molecule has 0 aliphatic carbocycles. The van der Waals surface area contributed by atoms with Crippen LogP contribution in [0.15, 0.2) is 72.8 Å². The van der Waals surface area contributed by atoms with Gasteiger partial charge in [0, 0.05) is 23.6 Å². The maximum atomic E-state index is 13.6. The quantitative estimate of drug-likeness (QED) is 0.392. The first-order chi connectivity index (χ1) is 16.9. The van der Waals surface area contributed by atoms with Gasteiger partial charge in [-0.1, -0.05) is 48.9 Å². The smallest absolute Gasteiger partial charge is 0.233 e. The Morgan fingerprint density at radius 2 is 1.46 bits per heavy atom. The van der Waals surface area contributed by atoms with Crippen molar-refractivity contribution in [3.63, 3.8) is 0 Å². The lowest BCUT2D eigenvalue weighted by Crippen LogP contribution is -2.56. The summed E-state index contributed by atoms with van der Waals surface area (Å²) in [5.74, 6) is -1.73. The minimum Gasteiger partial charge on any atom is -0.345 e. The normalized spacial score (nSPS) is 26.5. The maximum Gasteiger partial charge on any atom is 0.233 e. The number of anilines is 1. The number of aryl methyl sites for hydroxylation is 1. The summed E-state index contributed by atoms with van der Waals surface area (Å²) in [6.45, 7) is 5.13. The van der Waals surface area contributed by atoms with Crippen LogP contribution in [0.25, 0.3) is 0 Å². The predicted molar refractivity (Wildman–Crippen MR) is 130 cm³/mol. The highest BCUT2D eigenvalue weighted by atomic mass is 19.1. The molecule has 3 aromatic rings. The number of ether oxygens (including phenoxy) is 2. The number of carbonyl (C=O) groups is 1. The monoisotopic (exact) mass is 477 g/mol. The number of hydrogen-bond donors (Lipinski definition) is 0. The Balaban J connectivity index is 1.43. The largest absolute Gasteiger partial charge is 0.345 e. The number of nitrogens with zero attached hydrogens (tertiary/aromatic N) is 1. The van der Waals surface area contributed by atoms with Crippen molar-refractivity contribution >= 4 is 11.6 Å². The van der Waals surface area contributed by atoms with Crippen LogP contribution in [0, 0.1) is 30.4 Å². The molecule has 182 valence electrons. The second-order valence-electron chi connectivity index (χ2n) is 9.67. The van der Waals surface area contributed by atoms with E-state index in [0.717, 1.165) is 16.7 Å². The van der Waals surface area contributed by atoms with Crippen molar-refractivity contribution in [2.24, 2.45) is 11.8 Å². The SMILES string of the molecule is Cc1ccc([C@@H]2[C@@H](CCC3(c4ccc(F)cc4)OCC(C)CO3)C(=O)N2c2ccc(F)cc2)cc1. The van der Waals surface area contributed by atoms with Crippen LogP contribution in [0.3, 0.4) is 0 Å². The molecule has 2 heterocycles. The van der Waals surface area contributed by atoms with Crippen molar-refractivity contribution in [3.05, 3.63) is 101 Å². The lowest BCUT2D eigenvalue weighted by atomic mass is 9.77. The molecule has 0 bridgehead atoms. The topological polar surface area (TPSA) is 38.8 Å². The molecular formula is C29H29F2NO3. The Bertz CT molecular complexity index is 1170. The van der Waals surface area contributed by atoms with Crippen molar-refractivity contribution in [1.82, 2.24) is 0 Å². The summed E-state index contributed by atoms with van der Waals surface area (Å²) in [5.41, 5.74) is 3.59. The summed E-state index contributed by atoms with van der Waals surface area (Å²) < 4.78 is 39.6. The number of halogens is 2. The Morgan fingerprint density at radius 3 is 2.06 bits per heavy atom. The van der Waals surface area contributed by atoms with Gasteiger partial charge in [0.1, 0.15) is 11.6 Å². The number of amides is 1. The third kappa shape index (κ3) is 4.60. The van der Waals surface area contributed by atoms with Crippen LogP contribution < -0.4 is 4.90 Å². The van der Waals surface area contributed by atoms with Gasteiger partial charge in [-0.2, -0.15) is 0 Å². The number of rotatable bonds is 6. The lowest BCUT2D eigenvalue weighted by Gasteiger charge is -2.49. The van der Waals surface area contributed by atoms with E-state index in [9.17, 15) is 13.6 Å². The van der Waals surface area contributed by atoms with Crippen LogP contribution in [0.1, 0.15) is 42.5 Å². The molecule has 2 aliphatic heterocycles. The zero-order valence-electron chi connectivity index (χ0n) is 19.9. The molecule has 0 spiro atoms. The lowest BCUT2D eigenvalue weighted by molar-refractivity contribution is -0.295. The van der Waals surface area contributed by atoms with E-state index in [1.807, 2.05) is 31.2 Å². The first-order valence-electron chi connectivity index (χ1n) is 12.1. The highest BCUT2D eigenvalue weighted by Crippen LogP contribution is 2.48. The molecule has 0 saturated carbocycles. The summed E-state index contributed by atoms with van der Waals surface area (Å²) >= 11 is 0. The average molecular weight is 478 g/mol. The second-order valence-corrected chi connectivity index (χ2v) is 9.67. The molecule has 0 unspecified atom stereocenters. The van der Waals surface area contributed by atoms with Crippen molar-refractivity contribution in [3.8, 4) is 0 Å². The van der Waals surface area contributed by atoms with Crippen LogP contribution in [0.4, 0.5) is 14.5 Å². The molecule has 3 aromatic carbocycles. The second kappa shape index (κ2) is 9.51. The van der Waals surface area contributed by atoms with Gasteiger partial charge in [0.15, 0.2) is 5.79 Å². The van der Waals surface area contributed by atoms with Crippen LogP contribution >= 0.6 is 0 Å². The first kappa shape index (κ1) is 23.6. The van der Waals surface area contributed by atoms with Crippen LogP contribution in [0.2, 0.25) is 0 Å². The van der Waals surface area contributed by atoms with Crippen LogP contribution in [-0.4, -0.2) is 19.1 Å². The van der Waals surface area contributed by atoms with Gasteiger partial charge >= 0.3 is 0 Å². The summed E-state index contributed by atoms with van der Waals surface area (Å²) in [6.07, 6.45) is 0.988. The fourth-order valence-electron chi connectivity index (χ4n) is 5.01. The van der Waals surface area contributed by atoms with E-state index in [4.69, 9.17) is 9.47 Å². The third-order valence-electron chi connectivity index (χ3n) is 7.01. The van der Waals surface area contributed by atoms with Gasteiger partial charge in [-0.05, 0) is 55.3 Å². The molecule has 2 aliphatic rings. The van der Waals surface area contributed by atoms with E-state index in [1.165, 1.54) is 24.3 Å². The summed E-state index contributed by atoms with van der Waals surface area (Å²) in [6, 6.07) is 20.2. The molecule has 2 fully saturated rings. The Labute approximate surface area is 204 Å². The molecule has 0 radical (unpaired) electrons. The Morgan fingerprint density at radius 1 is 0.886 bits per heavy atom. The molecule has 0 aromatic heterocycles. The molecule has 4 nitrogen and oxygen atoms in total. The molecular weight excluding hydrogens is 448 g/mol. The van der Waals surface area contributed by atoms with Gasteiger partial charge in [0.25, 0.3) is 0 Å². The number of hydrogen-bond acceptors (Lipinski definition) is 3. The molecule has 2 saturated heterocycles. The van der Waals surface area contributed by atoms with Gasteiger partial charge in [0.2, 0.25) is 5.91 Å². The summed E-state index contributed by atoms with van der Waals surface area (Å²) in [5, 5.41) is 0. The molecule has 1 amide bonds. The zero-order chi connectivity index (χ0) is 24.6. The van der Waals surface area contributed by atoms with Crippen LogP contribution in [0.5, 0.6) is 0 Å². The number of carbonyl (C=O) groups excluding carboxylic acids is 1. The van der Waals surface area contributed by atoms with E-state index in [0.29, 0.717) is 31.7 Å². The standard InChI is InChI=1S/C29H29F2NO3/c1-19-3-5-21(6-4-19)27-26(28(33)32(27)25-13-11-24(31)12-14-25)15-16-29(34-17-20(2)18-35-29)22-7-9-23(30)10-8-22/h3-14,20,26-27H,15-18H2,1-2H3/t20?,26-,27-,29?/m1/s1. The summed E-state index contributed by atoms with van der Waals surface area (Å²) in [4.78, 5) is 15.1. The van der Waals surface area contributed by atoms with Crippen molar-refractivity contribution in [1.29, 1.82) is 0 Å². The van der Waals surface area contributed by atoms with Gasteiger partial charge in [-0.15, -0.1) is 0 Å². The van der Waals surface area contributed by atoms with E-state index in [2.05, 4.69) is 6.92 Å². The first-order valence-corrected chi connectivity index (χ1v) is 12.1. The van der Waals surface area contributed by atoms with Gasteiger partial charge in [-0.3, -0.25) is 4.79 Å². The highest BCUT2D eigenvalue weighted by Gasteiger charge is 2.50. The number of benzene rings is 3. The molecule has 2 atom stereocenters. The number of β-lactam (4-membered cyclic amide) rings is 1. The van der Waals surface area contributed by atoms with E-state index < -0.39 is 5.79 Å². The maximum absolute atomic E-state index is 13.6. The fraction of sp³-hybridized carbons (Fsp3) is 0.345. The molecule has 35 heavy (non-hydrogen) atoms. The van der Waals surface area contributed by atoms with E-state index in [-0.39, 0.29) is 35.4 Å². The predicted octanol–water partition coefficient (Wildman–Crippen LogP) is 6.29. The Kier molecular flexibility index (Phi) is 6.43. The van der Waals surface area contributed by atoms with E-state index in [1.54, 1.807) is 29.2 Å². The highest BCUT2D eigenvalue weighted by molar-refractivity contribution is 6.03. The Hall–Kier alpha value is -3.09. The van der Waals surface area contributed by atoms with Crippen molar-refractivity contribution in [2.75, 3.05) is 18.1 Å². The van der Waals surface area contributed by atoms with Gasteiger partial charge < -0.3 is 14.4 Å². The van der Waals surface area contributed by atoms with Crippen molar-refractivity contribution < 1.29 is 23.0 Å². The summed E-state index contributed by atoms with van der Waals surface area (Å²) in [7, 11) is 0. The minimum atomic E-state index is -1.02. The van der Waals surface area contributed by atoms with Gasteiger partial charge in [0.05, 0.1) is 25.2 Å². The fourth-order valence-corrected chi connectivity index (χ4v) is 5.01. The zero-order valence-corrected chi connectivity index (χ0v) is 19.9. The van der Waals surface area contributed by atoms with E-state index >= 15 is 0 Å². The third-order valence-corrected chi connectivity index (χ3v) is 7.01. The average Bonchev–Trinajstić information content (AvgIpc) is 2.86. The molecule has 5 rings (SSSR count). The molecule has 0 N–H and O–H groups in total. The van der Waals surface area contributed by atoms with Gasteiger partial charge in [-0.25, -0.2) is 8.78 Å².